The van der Waals surface area contributed by atoms with E-state index in [2.05, 4.69) is 15.0 Å². The first-order valence-corrected chi connectivity index (χ1v) is 15.2. The third kappa shape index (κ3) is 7.82. The second-order valence-electron chi connectivity index (χ2n) is 11.7. The molecule has 1 saturated heterocycles. The molecule has 1 unspecified atom stereocenters. The zero-order chi connectivity index (χ0) is 33.4. The summed E-state index contributed by atoms with van der Waals surface area (Å²) in [5.41, 5.74) is -2.27. The highest BCUT2D eigenvalue weighted by Crippen LogP contribution is 2.52. The average molecular weight is 668 g/mol. The van der Waals surface area contributed by atoms with Crippen LogP contribution in [0.3, 0.4) is 0 Å². The molecule has 0 aliphatic carbocycles. The molecule has 16 nitrogen and oxygen atoms in total. The number of aromatic nitrogens is 4. The Kier molecular flexibility index (Phi) is 10.6. The monoisotopic (exact) mass is 667 g/mol. The number of hydrogen-bond acceptors (Lipinski definition) is 13. The maximum absolute atomic E-state index is 15.7. The molecular weight excluding hydrogens is 632 g/mol. The van der Waals surface area contributed by atoms with Crippen LogP contribution in [0, 0.1) is 5.92 Å². The van der Waals surface area contributed by atoms with E-state index in [4.69, 9.17) is 39.6 Å². The van der Waals surface area contributed by atoms with Gasteiger partial charge in [-0.25, -0.2) is 23.8 Å². The highest BCUT2D eigenvalue weighted by atomic mass is 35.5. The van der Waals surface area contributed by atoms with Crippen molar-refractivity contribution in [3.05, 3.63) is 11.6 Å². The number of anilines is 1. The lowest BCUT2D eigenvalue weighted by molar-refractivity contribution is -0.148. The molecule has 19 heteroatoms. The number of ether oxygens (including phenoxy) is 4. The Bertz CT molecular complexity index is 1410. The van der Waals surface area contributed by atoms with Crippen LogP contribution in [-0.4, -0.2) is 92.9 Å². The molecule has 0 spiro atoms. The van der Waals surface area contributed by atoms with Crippen molar-refractivity contribution in [1.29, 1.82) is 0 Å². The molecule has 1 fully saturated rings. The van der Waals surface area contributed by atoms with E-state index in [9.17, 15) is 24.1 Å². The number of imidazole rings is 1. The van der Waals surface area contributed by atoms with Gasteiger partial charge in [0, 0.05) is 20.1 Å². The fourth-order valence-corrected chi connectivity index (χ4v) is 5.31. The van der Waals surface area contributed by atoms with Crippen LogP contribution < -0.4 is 4.90 Å². The average Bonchev–Trinajstić information content (AvgIpc) is 3.42. The summed E-state index contributed by atoms with van der Waals surface area (Å²) in [7, 11) is -2.19. The molecule has 246 valence electrons. The number of imide groups is 1. The smallest absolute Gasteiger partial charge is 0.425 e. The van der Waals surface area contributed by atoms with Crippen molar-refractivity contribution in [3.8, 4) is 0 Å². The number of aliphatic carboxylic acids is 1. The number of nitrogens with zero attached hydrogens (tertiary/aromatic N) is 5. The number of rotatable bonds is 9. The van der Waals surface area contributed by atoms with Crippen molar-refractivity contribution in [2.45, 2.75) is 84.0 Å². The normalized spacial score (nSPS) is 21.7. The van der Waals surface area contributed by atoms with E-state index in [1.165, 1.54) is 11.5 Å². The van der Waals surface area contributed by atoms with Gasteiger partial charge in [0.2, 0.25) is 5.28 Å². The first-order chi connectivity index (χ1) is 20.2. The summed E-state index contributed by atoms with van der Waals surface area (Å²) in [6.07, 6.45) is -5.26. The van der Waals surface area contributed by atoms with E-state index in [0.29, 0.717) is 4.90 Å². The predicted octanol–water partition coefficient (Wildman–Crippen LogP) is 4.94. The largest absolute Gasteiger partial charge is 0.479 e. The number of carboxylic acid groups (broad SMARTS) is 1. The zero-order valence-corrected chi connectivity index (χ0v) is 27.3. The van der Waals surface area contributed by atoms with E-state index in [1.54, 1.807) is 41.5 Å². The van der Waals surface area contributed by atoms with Gasteiger partial charge in [-0.3, -0.25) is 9.13 Å². The van der Waals surface area contributed by atoms with Gasteiger partial charge in [-0.2, -0.15) is 14.9 Å². The molecule has 0 bridgehead atoms. The van der Waals surface area contributed by atoms with Crippen LogP contribution >= 0.6 is 19.2 Å². The Morgan fingerprint density at radius 2 is 1.66 bits per heavy atom. The summed E-state index contributed by atoms with van der Waals surface area (Å²) in [5.74, 6) is -4.87. The minimum absolute atomic E-state index is 0.106. The Hall–Kier alpha value is -2.95. The van der Waals surface area contributed by atoms with Gasteiger partial charge >= 0.3 is 25.8 Å². The molecule has 5 atom stereocenters. The summed E-state index contributed by atoms with van der Waals surface area (Å²) in [6, 6.07) is 0. The minimum atomic E-state index is -4.20. The van der Waals surface area contributed by atoms with Crippen molar-refractivity contribution < 1.29 is 56.4 Å². The summed E-state index contributed by atoms with van der Waals surface area (Å²) in [5, 5.41) is 9.08. The van der Waals surface area contributed by atoms with Crippen LogP contribution in [0.25, 0.3) is 11.2 Å². The zero-order valence-electron chi connectivity index (χ0n) is 25.6. The second kappa shape index (κ2) is 13.2. The Balaban J connectivity index is 2.00. The van der Waals surface area contributed by atoms with Crippen LogP contribution in [0.2, 0.25) is 5.28 Å². The van der Waals surface area contributed by atoms with E-state index >= 15 is 4.39 Å². The molecular formula is C25H36ClFN5O11P. The Morgan fingerprint density at radius 3 is 2.14 bits per heavy atom. The lowest BCUT2D eigenvalue weighted by Gasteiger charge is -2.28. The van der Waals surface area contributed by atoms with Crippen LogP contribution in [0.5, 0.6) is 0 Å². The van der Waals surface area contributed by atoms with E-state index in [-0.39, 0.29) is 17.0 Å². The Morgan fingerprint density at radius 1 is 1.11 bits per heavy atom. The van der Waals surface area contributed by atoms with E-state index in [1.807, 2.05) is 0 Å². The lowest BCUT2D eigenvalue weighted by Crippen LogP contribution is -2.44. The number of hydrogen-bond donors (Lipinski definition) is 1. The molecule has 2 aromatic heterocycles. The SMILES string of the molecule is COP(=O)(OC)C(OC[C@H]1O[C@@H](n2cnc3c(N(C(=O)OC(C)(C)C)C(=O)OC(C)(C)C)nc(Cl)nc32)[C@@H](F)[C@@H]1C)C(=O)O. The number of carboxylic acids is 1. The molecule has 3 heterocycles. The van der Waals surface area contributed by atoms with Gasteiger partial charge in [-0.05, 0) is 53.1 Å². The van der Waals surface area contributed by atoms with Crippen molar-refractivity contribution in [2.75, 3.05) is 25.7 Å². The first-order valence-electron chi connectivity index (χ1n) is 13.2. The lowest BCUT2D eigenvalue weighted by atomic mass is 10.0. The van der Waals surface area contributed by atoms with Gasteiger partial charge in [0.15, 0.2) is 29.4 Å². The van der Waals surface area contributed by atoms with Crippen molar-refractivity contribution >= 4 is 54.3 Å². The summed E-state index contributed by atoms with van der Waals surface area (Å²) in [4.78, 5) is 51.0. The summed E-state index contributed by atoms with van der Waals surface area (Å²) in [6.45, 7) is 10.6. The molecule has 1 aliphatic rings. The van der Waals surface area contributed by atoms with Crippen LogP contribution in [0.15, 0.2) is 6.33 Å². The highest BCUT2D eigenvalue weighted by molar-refractivity contribution is 7.55. The first kappa shape index (κ1) is 35.5. The minimum Gasteiger partial charge on any atom is -0.479 e. The topological polar surface area (TPSA) is 191 Å². The summed E-state index contributed by atoms with van der Waals surface area (Å²) >= 11 is 6.20. The van der Waals surface area contributed by atoms with Crippen molar-refractivity contribution in [1.82, 2.24) is 19.5 Å². The highest BCUT2D eigenvalue weighted by Gasteiger charge is 2.47. The van der Waals surface area contributed by atoms with Gasteiger partial charge in [-0.15, -0.1) is 0 Å². The molecule has 0 aromatic carbocycles. The third-order valence-electron chi connectivity index (χ3n) is 6.11. The molecule has 1 aliphatic heterocycles. The van der Waals surface area contributed by atoms with Gasteiger partial charge < -0.3 is 33.1 Å². The number of fused-ring (bicyclic) bond motifs is 1. The fraction of sp³-hybridized carbons (Fsp3) is 0.680. The van der Waals surface area contributed by atoms with Gasteiger partial charge in [0.25, 0.3) is 5.85 Å². The fourth-order valence-electron chi connectivity index (χ4n) is 4.08. The van der Waals surface area contributed by atoms with E-state index < -0.39 is 79.1 Å². The quantitative estimate of drug-likeness (QED) is 0.279. The Labute approximate surface area is 257 Å². The second-order valence-corrected chi connectivity index (χ2v) is 14.4. The maximum atomic E-state index is 15.7. The predicted molar refractivity (Wildman–Crippen MR) is 152 cm³/mol. The van der Waals surface area contributed by atoms with Crippen molar-refractivity contribution in [3.63, 3.8) is 0 Å². The number of carbonyl (C=O) groups is 3. The standard InChI is InChI=1S/C25H36ClFN5O11P/c1-12-13(10-40-20(19(33)34)44(37,38-8)39-9)41-18(14(12)27)31-11-28-15-16(31)29-21(26)30-17(15)32(22(35)42-24(2,3)4)23(36)43-25(5,6)7/h11-14,18,20H,10H2,1-9H3,(H,33,34)/t12-,13-,14+,18-,20?/m1/s1. The van der Waals surface area contributed by atoms with Crippen molar-refractivity contribution in [2.24, 2.45) is 5.92 Å². The van der Waals surface area contributed by atoms with Crippen LogP contribution in [-0.2, 0) is 37.4 Å². The number of alkyl halides is 1. The molecule has 44 heavy (non-hydrogen) atoms. The number of amides is 2. The van der Waals surface area contributed by atoms with Gasteiger partial charge in [0.1, 0.15) is 11.2 Å². The number of halogens is 2. The van der Waals surface area contributed by atoms with Crippen LogP contribution in [0.4, 0.5) is 19.8 Å². The van der Waals surface area contributed by atoms with E-state index in [0.717, 1.165) is 20.5 Å². The molecule has 2 aromatic rings. The van der Waals surface area contributed by atoms with Gasteiger partial charge in [-0.1, -0.05) is 6.92 Å². The van der Waals surface area contributed by atoms with Crippen LogP contribution in [0.1, 0.15) is 54.7 Å². The molecule has 2 amide bonds. The molecule has 1 N–H and O–H groups in total. The molecule has 3 rings (SSSR count). The van der Waals surface area contributed by atoms with Gasteiger partial charge in [0.05, 0.1) is 19.0 Å². The molecule has 0 radical (unpaired) electrons. The molecule has 0 saturated carbocycles. The summed E-state index contributed by atoms with van der Waals surface area (Å²) < 4.78 is 61.0. The number of carbonyl (C=O) groups excluding carboxylic acids is 2. The third-order valence-corrected chi connectivity index (χ3v) is 8.25. The maximum Gasteiger partial charge on any atom is 0.425 e.